The average molecular weight is 490 g/mol. The van der Waals surface area contributed by atoms with Gasteiger partial charge in [-0.05, 0) is 79.1 Å². The summed E-state index contributed by atoms with van der Waals surface area (Å²) in [7, 11) is 0. The first kappa shape index (κ1) is 24.9. The minimum Gasteiger partial charge on any atom is -0.411 e. The molecule has 35 heavy (non-hydrogen) atoms. The Morgan fingerprint density at radius 2 is 1.83 bits per heavy atom. The SMILES string of the molecule is CC(=O)N1CCC(c2ccc(C(C/C(=N/O)c3ccnc(C)c3)c3ccc(Cl)cc3C)cc2)CC1. The lowest BCUT2D eigenvalue weighted by molar-refractivity contribution is -0.129. The summed E-state index contributed by atoms with van der Waals surface area (Å²) in [5.41, 5.74) is 7.09. The fourth-order valence-electron chi connectivity index (χ4n) is 5.10. The Labute approximate surface area is 212 Å². The molecule has 5 nitrogen and oxygen atoms in total. The maximum atomic E-state index is 11.7. The van der Waals surface area contributed by atoms with E-state index in [1.54, 1.807) is 13.1 Å². The number of pyridine rings is 1. The molecule has 1 fully saturated rings. The molecule has 1 N–H and O–H groups in total. The van der Waals surface area contributed by atoms with Crippen LogP contribution in [0.2, 0.25) is 5.02 Å². The molecule has 1 saturated heterocycles. The zero-order valence-corrected chi connectivity index (χ0v) is 21.3. The van der Waals surface area contributed by atoms with E-state index in [1.165, 1.54) is 5.56 Å². The quantitative estimate of drug-likeness (QED) is 0.245. The standard InChI is InChI=1S/C29H32ClN3O2/c1-19-16-26(30)8-9-27(19)28(18-29(32-35)25-10-13-31-20(2)17-25)24-6-4-22(5-7-24)23-11-14-33(15-12-23)21(3)34/h4-10,13,16-17,23,28,35H,11-12,14-15,18H2,1-3H3/b32-29-. The Morgan fingerprint density at radius 1 is 1.11 bits per heavy atom. The number of carbonyl (C=O) groups is 1. The van der Waals surface area contributed by atoms with Crippen LogP contribution in [0.15, 0.2) is 65.9 Å². The number of hydrogen-bond acceptors (Lipinski definition) is 4. The van der Waals surface area contributed by atoms with Crippen molar-refractivity contribution in [2.24, 2.45) is 5.16 Å². The van der Waals surface area contributed by atoms with Gasteiger partial charge in [0.15, 0.2) is 0 Å². The third-order valence-electron chi connectivity index (χ3n) is 7.11. The van der Waals surface area contributed by atoms with Crippen LogP contribution in [0.4, 0.5) is 0 Å². The zero-order chi connectivity index (χ0) is 24.9. The van der Waals surface area contributed by atoms with E-state index in [0.29, 0.717) is 23.1 Å². The van der Waals surface area contributed by atoms with E-state index in [9.17, 15) is 10.0 Å². The molecule has 0 saturated carbocycles. The Bertz CT molecular complexity index is 1210. The highest BCUT2D eigenvalue weighted by molar-refractivity contribution is 6.30. The fraction of sp³-hybridized carbons (Fsp3) is 0.345. The van der Waals surface area contributed by atoms with E-state index >= 15 is 0 Å². The summed E-state index contributed by atoms with van der Waals surface area (Å²) in [6.07, 6.45) is 4.26. The van der Waals surface area contributed by atoms with Crippen LogP contribution >= 0.6 is 11.6 Å². The molecular formula is C29H32ClN3O2. The van der Waals surface area contributed by atoms with Crippen LogP contribution in [0.25, 0.3) is 0 Å². The zero-order valence-electron chi connectivity index (χ0n) is 20.5. The van der Waals surface area contributed by atoms with Gasteiger partial charge < -0.3 is 10.1 Å². The lowest BCUT2D eigenvalue weighted by Crippen LogP contribution is -2.36. The second-order valence-corrected chi connectivity index (χ2v) is 9.87. The van der Waals surface area contributed by atoms with Gasteiger partial charge in [0.25, 0.3) is 0 Å². The predicted octanol–water partition coefficient (Wildman–Crippen LogP) is 6.48. The van der Waals surface area contributed by atoms with Crippen LogP contribution in [0.3, 0.4) is 0 Å². The highest BCUT2D eigenvalue weighted by Crippen LogP contribution is 2.35. The Kier molecular flexibility index (Phi) is 7.86. The molecule has 2 aromatic carbocycles. The molecule has 0 bridgehead atoms. The van der Waals surface area contributed by atoms with Crippen molar-refractivity contribution < 1.29 is 10.0 Å². The summed E-state index contributed by atoms with van der Waals surface area (Å²) in [4.78, 5) is 17.9. The van der Waals surface area contributed by atoms with Crippen molar-refractivity contribution in [3.63, 3.8) is 0 Å². The molecule has 2 heterocycles. The van der Waals surface area contributed by atoms with Gasteiger partial charge in [-0.2, -0.15) is 0 Å². The first-order chi connectivity index (χ1) is 16.9. The molecule has 1 aliphatic heterocycles. The number of aromatic nitrogens is 1. The summed E-state index contributed by atoms with van der Waals surface area (Å²) in [6.45, 7) is 7.27. The van der Waals surface area contributed by atoms with Crippen molar-refractivity contribution in [2.75, 3.05) is 13.1 Å². The first-order valence-electron chi connectivity index (χ1n) is 12.1. The number of rotatable bonds is 6. The smallest absolute Gasteiger partial charge is 0.219 e. The minimum atomic E-state index is 0.000230. The van der Waals surface area contributed by atoms with Crippen LogP contribution in [0.5, 0.6) is 0 Å². The molecule has 4 rings (SSSR count). The molecule has 0 spiro atoms. The number of carbonyl (C=O) groups excluding carboxylic acids is 1. The molecule has 182 valence electrons. The Hall–Kier alpha value is -3.18. The van der Waals surface area contributed by atoms with E-state index < -0.39 is 0 Å². The van der Waals surface area contributed by atoms with Gasteiger partial charge in [0.05, 0.1) is 5.71 Å². The van der Waals surface area contributed by atoms with E-state index in [-0.39, 0.29) is 11.8 Å². The van der Waals surface area contributed by atoms with Gasteiger partial charge in [-0.1, -0.05) is 47.1 Å². The minimum absolute atomic E-state index is 0.000230. The Balaban J connectivity index is 1.63. The molecule has 0 radical (unpaired) electrons. The molecule has 0 aliphatic carbocycles. The second kappa shape index (κ2) is 11.0. The van der Waals surface area contributed by atoms with Gasteiger partial charge in [0.1, 0.15) is 0 Å². The van der Waals surface area contributed by atoms with Gasteiger partial charge in [-0.15, -0.1) is 0 Å². The normalized spacial score (nSPS) is 15.8. The van der Waals surface area contributed by atoms with Crippen LogP contribution in [-0.2, 0) is 4.79 Å². The second-order valence-electron chi connectivity index (χ2n) is 9.44. The molecule has 1 amide bonds. The topological polar surface area (TPSA) is 65.8 Å². The summed E-state index contributed by atoms with van der Waals surface area (Å²) >= 11 is 6.26. The van der Waals surface area contributed by atoms with E-state index in [2.05, 4.69) is 47.4 Å². The molecular weight excluding hydrogens is 458 g/mol. The summed E-state index contributed by atoms with van der Waals surface area (Å²) in [6, 6.07) is 18.6. The molecule has 3 aromatic rings. The number of halogens is 1. The maximum absolute atomic E-state index is 11.7. The lowest BCUT2D eigenvalue weighted by atomic mass is 9.82. The van der Waals surface area contributed by atoms with Crippen LogP contribution in [0, 0.1) is 13.8 Å². The predicted molar refractivity (Wildman–Crippen MR) is 141 cm³/mol. The summed E-state index contributed by atoms with van der Waals surface area (Å²) in [5, 5.41) is 14.3. The number of hydrogen-bond donors (Lipinski definition) is 1. The lowest BCUT2D eigenvalue weighted by Gasteiger charge is -2.31. The number of amides is 1. The number of aryl methyl sites for hydroxylation is 2. The van der Waals surface area contributed by atoms with Gasteiger partial charge in [0, 0.05) is 54.8 Å². The van der Waals surface area contributed by atoms with Gasteiger partial charge >= 0.3 is 0 Å². The number of piperidine rings is 1. The number of nitrogens with zero attached hydrogens (tertiary/aromatic N) is 3. The molecule has 1 aromatic heterocycles. The molecule has 1 atom stereocenters. The fourth-order valence-corrected chi connectivity index (χ4v) is 5.33. The average Bonchev–Trinajstić information content (AvgIpc) is 2.86. The van der Waals surface area contributed by atoms with E-state index in [0.717, 1.165) is 53.9 Å². The largest absolute Gasteiger partial charge is 0.411 e. The van der Waals surface area contributed by atoms with Gasteiger partial charge in [-0.25, -0.2) is 0 Å². The van der Waals surface area contributed by atoms with Crippen molar-refractivity contribution in [1.29, 1.82) is 0 Å². The summed E-state index contributed by atoms with van der Waals surface area (Å²) < 4.78 is 0. The van der Waals surface area contributed by atoms with Crippen LogP contribution < -0.4 is 0 Å². The van der Waals surface area contributed by atoms with E-state index in [4.69, 9.17) is 11.6 Å². The number of oxime groups is 1. The maximum Gasteiger partial charge on any atom is 0.219 e. The van der Waals surface area contributed by atoms with Crippen molar-refractivity contribution in [2.45, 2.75) is 51.9 Å². The Morgan fingerprint density at radius 3 is 2.43 bits per heavy atom. The number of benzene rings is 2. The number of likely N-dealkylation sites (tertiary alicyclic amines) is 1. The highest BCUT2D eigenvalue weighted by atomic mass is 35.5. The van der Waals surface area contributed by atoms with Crippen LogP contribution in [0.1, 0.15) is 71.5 Å². The van der Waals surface area contributed by atoms with Crippen molar-refractivity contribution in [3.05, 3.63) is 99.3 Å². The van der Waals surface area contributed by atoms with E-state index in [1.807, 2.05) is 36.1 Å². The van der Waals surface area contributed by atoms with Crippen molar-refractivity contribution in [1.82, 2.24) is 9.88 Å². The molecule has 1 aliphatic rings. The summed E-state index contributed by atoms with van der Waals surface area (Å²) in [5.74, 6) is 0.621. The molecule has 1 unspecified atom stereocenters. The third kappa shape index (κ3) is 5.91. The van der Waals surface area contributed by atoms with Gasteiger partial charge in [0.2, 0.25) is 5.91 Å². The molecule has 6 heteroatoms. The van der Waals surface area contributed by atoms with Gasteiger partial charge in [-0.3, -0.25) is 9.78 Å². The van der Waals surface area contributed by atoms with Crippen molar-refractivity contribution in [3.8, 4) is 0 Å². The first-order valence-corrected chi connectivity index (χ1v) is 12.5. The van der Waals surface area contributed by atoms with Crippen LogP contribution in [-0.4, -0.2) is 39.8 Å². The highest BCUT2D eigenvalue weighted by Gasteiger charge is 2.24. The monoisotopic (exact) mass is 489 g/mol. The van der Waals surface area contributed by atoms with Crippen molar-refractivity contribution >= 4 is 23.2 Å². The third-order valence-corrected chi connectivity index (χ3v) is 7.34.